The number of furan rings is 2. The van der Waals surface area contributed by atoms with Gasteiger partial charge in [0.15, 0.2) is 0 Å². The number of hydrogen-bond acceptors (Lipinski definition) is 5. The van der Waals surface area contributed by atoms with Gasteiger partial charge in [0.1, 0.15) is 23.4 Å². The summed E-state index contributed by atoms with van der Waals surface area (Å²) >= 11 is 1.35. The van der Waals surface area contributed by atoms with Gasteiger partial charge in [0, 0.05) is 0 Å². The third-order valence-corrected chi connectivity index (χ3v) is 4.24. The smallest absolute Gasteiger partial charge is 0.261 e. The van der Waals surface area contributed by atoms with Crippen molar-refractivity contribution in [1.82, 2.24) is 5.32 Å². The van der Waals surface area contributed by atoms with Gasteiger partial charge in [0.2, 0.25) is 0 Å². The molecule has 22 heavy (non-hydrogen) atoms. The molecule has 0 aromatic carbocycles. The van der Waals surface area contributed by atoms with Gasteiger partial charge < -0.3 is 19.3 Å². The average molecular weight is 317 g/mol. The van der Waals surface area contributed by atoms with E-state index in [2.05, 4.69) is 5.32 Å². The van der Waals surface area contributed by atoms with Crippen molar-refractivity contribution in [3.8, 4) is 10.6 Å². The van der Waals surface area contributed by atoms with Crippen LogP contribution in [-0.2, 0) is 0 Å². The minimum absolute atomic E-state index is 0.0967. The zero-order valence-electron chi connectivity index (χ0n) is 11.9. The molecule has 0 aliphatic heterocycles. The monoisotopic (exact) mass is 317 g/mol. The van der Waals surface area contributed by atoms with Gasteiger partial charge in [-0.1, -0.05) is 0 Å². The van der Waals surface area contributed by atoms with E-state index in [0.29, 0.717) is 10.6 Å². The second-order valence-electron chi connectivity index (χ2n) is 4.82. The Labute approximate surface area is 131 Å². The molecule has 0 fully saturated rings. The van der Waals surface area contributed by atoms with Crippen LogP contribution in [0.25, 0.3) is 10.6 Å². The maximum atomic E-state index is 12.1. The van der Waals surface area contributed by atoms with Crippen LogP contribution in [0.15, 0.2) is 51.5 Å². The third kappa shape index (κ3) is 3.13. The lowest BCUT2D eigenvalue weighted by Crippen LogP contribution is -2.27. The van der Waals surface area contributed by atoms with Crippen molar-refractivity contribution in [3.05, 3.63) is 59.1 Å². The lowest BCUT2D eigenvalue weighted by atomic mass is 10.2. The van der Waals surface area contributed by atoms with Gasteiger partial charge in [-0.2, -0.15) is 0 Å². The lowest BCUT2D eigenvalue weighted by Gasteiger charge is -2.08. The van der Waals surface area contributed by atoms with Crippen molar-refractivity contribution in [1.29, 1.82) is 0 Å². The number of aryl methyl sites for hydroxylation is 1. The summed E-state index contributed by atoms with van der Waals surface area (Å²) in [7, 11) is 0. The standard InChI is InChI=1S/C16H15NO4S/c1-10-4-5-13(21-10)14-6-7-15(22-14)16(19)17-9-11(18)12-3-2-8-20-12/h2-8,11,18H,9H2,1H3,(H,17,19)/t11-/m0/s1. The van der Waals surface area contributed by atoms with E-state index in [1.807, 2.05) is 25.1 Å². The molecular formula is C16H15NO4S. The summed E-state index contributed by atoms with van der Waals surface area (Å²) in [6.07, 6.45) is 0.628. The Morgan fingerprint density at radius 2 is 2.18 bits per heavy atom. The van der Waals surface area contributed by atoms with Gasteiger partial charge >= 0.3 is 0 Å². The Hall–Kier alpha value is -2.31. The largest absolute Gasteiger partial charge is 0.467 e. The Bertz CT molecular complexity index is 757. The van der Waals surface area contributed by atoms with Crippen LogP contribution in [-0.4, -0.2) is 17.6 Å². The molecule has 2 N–H and O–H groups in total. The fourth-order valence-electron chi connectivity index (χ4n) is 2.02. The molecule has 0 aliphatic carbocycles. The summed E-state index contributed by atoms with van der Waals surface area (Å²) < 4.78 is 10.6. The maximum absolute atomic E-state index is 12.1. The molecule has 5 nitrogen and oxygen atoms in total. The fraction of sp³-hybridized carbons (Fsp3) is 0.188. The van der Waals surface area contributed by atoms with Crippen LogP contribution in [0.4, 0.5) is 0 Å². The molecule has 1 amide bonds. The number of aliphatic hydroxyl groups excluding tert-OH is 1. The van der Waals surface area contributed by atoms with E-state index in [1.165, 1.54) is 17.6 Å². The molecule has 0 unspecified atom stereocenters. The molecule has 0 aliphatic rings. The molecule has 0 radical (unpaired) electrons. The summed E-state index contributed by atoms with van der Waals surface area (Å²) in [5.74, 6) is 1.77. The summed E-state index contributed by atoms with van der Waals surface area (Å²) in [5, 5.41) is 12.6. The van der Waals surface area contributed by atoms with Crippen LogP contribution in [0, 0.1) is 6.92 Å². The minimum Gasteiger partial charge on any atom is -0.467 e. The Kier molecular flexibility index (Phi) is 4.13. The van der Waals surface area contributed by atoms with Gasteiger partial charge in [-0.3, -0.25) is 4.79 Å². The SMILES string of the molecule is Cc1ccc(-c2ccc(C(=O)NC[C@H](O)c3ccco3)s2)o1. The minimum atomic E-state index is -0.855. The van der Waals surface area contributed by atoms with Crippen LogP contribution in [0.3, 0.4) is 0 Å². The molecular weight excluding hydrogens is 302 g/mol. The highest BCUT2D eigenvalue weighted by Gasteiger charge is 2.15. The molecule has 3 heterocycles. The van der Waals surface area contributed by atoms with E-state index >= 15 is 0 Å². The number of rotatable bonds is 5. The van der Waals surface area contributed by atoms with Crippen molar-refractivity contribution in [2.24, 2.45) is 0 Å². The van der Waals surface area contributed by atoms with Crippen molar-refractivity contribution in [2.45, 2.75) is 13.0 Å². The first-order valence-electron chi connectivity index (χ1n) is 6.80. The number of carbonyl (C=O) groups excluding carboxylic acids is 1. The molecule has 3 aromatic heterocycles. The van der Waals surface area contributed by atoms with Crippen LogP contribution in [0.1, 0.15) is 27.3 Å². The molecule has 0 bridgehead atoms. The van der Waals surface area contributed by atoms with Crippen molar-refractivity contribution < 1.29 is 18.7 Å². The molecule has 0 saturated carbocycles. The second-order valence-corrected chi connectivity index (χ2v) is 5.90. The summed E-state index contributed by atoms with van der Waals surface area (Å²) in [5.41, 5.74) is 0. The quantitative estimate of drug-likeness (QED) is 0.756. The van der Waals surface area contributed by atoms with Gasteiger partial charge in [0.25, 0.3) is 5.91 Å². The highest BCUT2D eigenvalue weighted by Crippen LogP contribution is 2.29. The number of hydrogen-bond donors (Lipinski definition) is 2. The topological polar surface area (TPSA) is 75.6 Å². The number of aliphatic hydroxyl groups is 1. The lowest BCUT2D eigenvalue weighted by molar-refractivity contribution is 0.0905. The number of carbonyl (C=O) groups is 1. The zero-order valence-corrected chi connectivity index (χ0v) is 12.7. The first-order chi connectivity index (χ1) is 10.6. The van der Waals surface area contributed by atoms with Gasteiger partial charge in [-0.05, 0) is 43.3 Å². The molecule has 3 aromatic rings. The number of nitrogens with one attached hydrogen (secondary N) is 1. The van der Waals surface area contributed by atoms with Crippen molar-refractivity contribution in [3.63, 3.8) is 0 Å². The Morgan fingerprint density at radius 1 is 1.32 bits per heavy atom. The van der Waals surface area contributed by atoms with Crippen molar-refractivity contribution >= 4 is 17.2 Å². The predicted molar refractivity (Wildman–Crippen MR) is 82.8 cm³/mol. The molecule has 3 rings (SSSR count). The van der Waals surface area contributed by atoms with E-state index in [0.717, 1.165) is 16.4 Å². The van der Waals surface area contributed by atoms with Crippen LogP contribution >= 0.6 is 11.3 Å². The average Bonchev–Trinajstić information content (AvgIpc) is 3.23. The Morgan fingerprint density at radius 3 is 2.86 bits per heavy atom. The third-order valence-electron chi connectivity index (χ3n) is 3.14. The van der Waals surface area contributed by atoms with E-state index in [4.69, 9.17) is 8.83 Å². The molecule has 6 heteroatoms. The van der Waals surface area contributed by atoms with Gasteiger partial charge in [-0.15, -0.1) is 11.3 Å². The first kappa shape index (κ1) is 14.6. The van der Waals surface area contributed by atoms with E-state index in [1.54, 1.807) is 18.2 Å². The highest BCUT2D eigenvalue weighted by atomic mass is 32.1. The number of thiophene rings is 1. The van der Waals surface area contributed by atoms with E-state index < -0.39 is 6.10 Å². The predicted octanol–water partition coefficient (Wildman–Crippen LogP) is 3.37. The van der Waals surface area contributed by atoms with Gasteiger partial charge in [-0.25, -0.2) is 0 Å². The molecule has 0 spiro atoms. The van der Waals surface area contributed by atoms with Crippen LogP contribution in [0.5, 0.6) is 0 Å². The summed E-state index contributed by atoms with van der Waals surface area (Å²) in [4.78, 5) is 13.6. The highest BCUT2D eigenvalue weighted by molar-refractivity contribution is 7.17. The zero-order chi connectivity index (χ0) is 15.5. The summed E-state index contributed by atoms with van der Waals surface area (Å²) in [6, 6.07) is 10.7. The Balaban J connectivity index is 1.62. The maximum Gasteiger partial charge on any atom is 0.261 e. The van der Waals surface area contributed by atoms with Crippen LogP contribution < -0.4 is 5.32 Å². The van der Waals surface area contributed by atoms with E-state index in [-0.39, 0.29) is 12.5 Å². The summed E-state index contributed by atoms with van der Waals surface area (Å²) in [6.45, 7) is 1.97. The normalized spacial score (nSPS) is 12.3. The van der Waals surface area contributed by atoms with Gasteiger partial charge in [0.05, 0.1) is 22.6 Å². The van der Waals surface area contributed by atoms with E-state index in [9.17, 15) is 9.90 Å². The molecule has 0 saturated heterocycles. The second kappa shape index (κ2) is 6.21. The van der Waals surface area contributed by atoms with Crippen LogP contribution in [0.2, 0.25) is 0 Å². The first-order valence-corrected chi connectivity index (χ1v) is 7.61. The molecule has 114 valence electrons. The number of amides is 1. The fourth-order valence-corrected chi connectivity index (χ4v) is 2.90. The molecule has 1 atom stereocenters. The van der Waals surface area contributed by atoms with Crippen molar-refractivity contribution in [2.75, 3.05) is 6.54 Å².